The van der Waals surface area contributed by atoms with Gasteiger partial charge in [0.1, 0.15) is 6.04 Å². The topological polar surface area (TPSA) is 61.4 Å². The minimum Gasteiger partial charge on any atom is -0.374 e. The van der Waals surface area contributed by atoms with Crippen molar-refractivity contribution >= 4 is 28.9 Å². The number of hydrogen-bond donors (Lipinski definition) is 2. The zero-order chi connectivity index (χ0) is 20.3. The predicted octanol–water partition coefficient (Wildman–Crippen LogP) is 4.27. The first kappa shape index (κ1) is 19.7. The van der Waals surface area contributed by atoms with Crippen LogP contribution >= 0.6 is 0 Å². The third-order valence-electron chi connectivity index (χ3n) is 4.49. The van der Waals surface area contributed by atoms with Gasteiger partial charge in [0, 0.05) is 30.0 Å². The molecule has 0 spiro atoms. The molecule has 1 aliphatic rings. The summed E-state index contributed by atoms with van der Waals surface area (Å²) >= 11 is 0. The number of carbonyl (C=O) groups is 2. The van der Waals surface area contributed by atoms with Gasteiger partial charge in [-0.05, 0) is 55.8 Å². The number of nitrogens with one attached hydrogen (secondary N) is 2. The minimum absolute atomic E-state index is 0.0743. The maximum absolute atomic E-state index is 12.6. The van der Waals surface area contributed by atoms with Gasteiger partial charge in [-0.15, -0.1) is 0 Å². The molecule has 0 saturated carbocycles. The standard InChI is InChI=1S/C20H20F3N3O2/c1-13(19(28)25-15-9-7-14(8-10-15)20(21,22)23)24-16-4-2-5-17(12-16)26-11-3-6-18(26)27/h2,4-5,7-10,12-13,24H,3,6,11H2,1H3,(H,25,28). The van der Waals surface area contributed by atoms with E-state index >= 15 is 0 Å². The lowest BCUT2D eigenvalue weighted by Crippen LogP contribution is -2.32. The quantitative estimate of drug-likeness (QED) is 0.800. The van der Waals surface area contributed by atoms with Crippen LogP contribution in [0.1, 0.15) is 25.3 Å². The van der Waals surface area contributed by atoms with E-state index in [4.69, 9.17) is 0 Å². The molecule has 3 rings (SSSR count). The third kappa shape index (κ3) is 4.62. The molecule has 1 atom stereocenters. The van der Waals surface area contributed by atoms with Crippen molar-refractivity contribution in [3.05, 3.63) is 54.1 Å². The van der Waals surface area contributed by atoms with Gasteiger partial charge in [0.2, 0.25) is 11.8 Å². The van der Waals surface area contributed by atoms with Crippen LogP contribution in [-0.2, 0) is 15.8 Å². The van der Waals surface area contributed by atoms with Crippen molar-refractivity contribution in [2.24, 2.45) is 0 Å². The van der Waals surface area contributed by atoms with E-state index in [1.54, 1.807) is 30.0 Å². The van der Waals surface area contributed by atoms with Crippen LogP contribution in [0.3, 0.4) is 0 Å². The van der Waals surface area contributed by atoms with Crippen LogP contribution in [0, 0.1) is 0 Å². The Morgan fingerprint density at radius 1 is 1.11 bits per heavy atom. The molecule has 1 fully saturated rings. The summed E-state index contributed by atoms with van der Waals surface area (Å²) in [6.07, 6.45) is -3.06. The second-order valence-corrected chi connectivity index (χ2v) is 6.63. The molecule has 5 nitrogen and oxygen atoms in total. The fourth-order valence-corrected chi connectivity index (χ4v) is 2.99. The van der Waals surface area contributed by atoms with E-state index in [1.807, 2.05) is 6.07 Å². The fraction of sp³-hybridized carbons (Fsp3) is 0.300. The van der Waals surface area contributed by atoms with Crippen molar-refractivity contribution in [3.8, 4) is 0 Å². The van der Waals surface area contributed by atoms with Gasteiger partial charge in [0.25, 0.3) is 0 Å². The lowest BCUT2D eigenvalue weighted by Gasteiger charge is -2.19. The number of rotatable bonds is 5. The highest BCUT2D eigenvalue weighted by atomic mass is 19.4. The number of nitrogens with zero attached hydrogens (tertiary/aromatic N) is 1. The molecule has 2 aromatic carbocycles. The van der Waals surface area contributed by atoms with Crippen LogP contribution in [0.15, 0.2) is 48.5 Å². The van der Waals surface area contributed by atoms with Gasteiger partial charge < -0.3 is 15.5 Å². The van der Waals surface area contributed by atoms with Gasteiger partial charge in [-0.2, -0.15) is 13.2 Å². The fourth-order valence-electron chi connectivity index (χ4n) is 2.99. The smallest absolute Gasteiger partial charge is 0.374 e. The molecule has 1 heterocycles. The molecule has 1 saturated heterocycles. The Bertz CT molecular complexity index is 866. The summed E-state index contributed by atoms with van der Waals surface area (Å²) in [6, 6.07) is 10.9. The van der Waals surface area contributed by atoms with Crippen molar-refractivity contribution in [3.63, 3.8) is 0 Å². The Kier molecular flexibility index (Phi) is 5.58. The van der Waals surface area contributed by atoms with E-state index in [1.165, 1.54) is 12.1 Å². The maximum Gasteiger partial charge on any atom is 0.416 e. The molecule has 1 unspecified atom stereocenters. The van der Waals surface area contributed by atoms with Crippen molar-refractivity contribution in [2.45, 2.75) is 32.0 Å². The Labute approximate surface area is 160 Å². The third-order valence-corrected chi connectivity index (χ3v) is 4.49. The largest absolute Gasteiger partial charge is 0.416 e. The van der Waals surface area contributed by atoms with E-state index in [-0.39, 0.29) is 17.5 Å². The molecule has 0 radical (unpaired) electrons. The maximum atomic E-state index is 12.6. The molecule has 2 aromatic rings. The Balaban J connectivity index is 1.62. The first-order valence-electron chi connectivity index (χ1n) is 8.89. The molecule has 8 heteroatoms. The first-order chi connectivity index (χ1) is 13.2. The van der Waals surface area contributed by atoms with E-state index in [9.17, 15) is 22.8 Å². The van der Waals surface area contributed by atoms with Crippen LogP contribution in [0.4, 0.5) is 30.2 Å². The van der Waals surface area contributed by atoms with Gasteiger partial charge in [-0.3, -0.25) is 9.59 Å². The number of anilines is 3. The second-order valence-electron chi connectivity index (χ2n) is 6.63. The molecule has 1 aliphatic heterocycles. The van der Waals surface area contributed by atoms with E-state index < -0.39 is 17.8 Å². The van der Waals surface area contributed by atoms with Crippen molar-refractivity contribution < 1.29 is 22.8 Å². The molecular formula is C20H20F3N3O2. The summed E-state index contributed by atoms with van der Waals surface area (Å²) in [5.74, 6) is -0.312. The Hall–Kier alpha value is -3.03. The van der Waals surface area contributed by atoms with E-state index in [0.29, 0.717) is 18.7 Å². The van der Waals surface area contributed by atoms with Gasteiger partial charge >= 0.3 is 6.18 Å². The monoisotopic (exact) mass is 391 g/mol. The molecule has 0 aromatic heterocycles. The average Bonchev–Trinajstić information content (AvgIpc) is 3.07. The lowest BCUT2D eigenvalue weighted by atomic mass is 10.2. The van der Waals surface area contributed by atoms with Gasteiger partial charge in [0.15, 0.2) is 0 Å². The summed E-state index contributed by atoms with van der Waals surface area (Å²) in [5, 5.41) is 5.63. The summed E-state index contributed by atoms with van der Waals surface area (Å²) < 4.78 is 37.8. The molecule has 2 N–H and O–H groups in total. The van der Waals surface area contributed by atoms with Crippen LogP contribution in [0.2, 0.25) is 0 Å². The normalized spacial score (nSPS) is 15.4. The number of benzene rings is 2. The zero-order valence-electron chi connectivity index (χ0n) is 15.2. The van der Waals surface area contributed by atoms with E-state index in [2.05, 4.69) is 10.6 Å². The van der Waals surface area contributed by atoms with Crippen molar-refractivity contribution in [1.29, 1.82) is 0 Å². The molecule has 28 heavy (non-hydrogen) atoms. The van der Waals surface area contributed by atoms with Gasteiger partial charge in [-0.1, -0.05) is 6.07 Å². The average molecular weight is 391 g/mol. The van der Waals surface area contributed by atoms with Crippen molar-refractivity contribution in [1.82, 2.24) is 0 Å². The Morgan fingerprint density at radius 3 is 2.43 bits per heavy atom. The molecule has 0 bridgehead atoms. The van der Waals surface area contributed by atoms with Gasteiger partial charge in [0.05, 0.1) is 5.56 Å². The highest BCUT2D eigenvalue weighted by molar-refractivity contribution is 5.97. The van der Waals surface area contributed by atoms with Crippen LogP contribution in [0.25, 0.3) is 0 Å². The molecule has 0 aliphatic carbocycles. The van der Waals surface area contributed by atoms with Crippen LogP contribution in [-0.4, -0.2) is 24.4 Å². The first-order valence-corrected chi connectivity index (χ1v) is 8.89. The summed E-state index contributed by atoms with van der Waals surface area (Å²) in [6.45, 7) is 2.32. The highest BCUT2D eigenvalue weighted by Crippen LogP contribution is 2.30. The van der Waals surface area contributed by atoms with Crippen LogP contribution < -0.4 is 15.5 Å². The molecule has 148 valence electrons. The van der Waals surface area contributed by atoms with Crippen LogP contribution in [0.5, 0.6) is 0 Å². The summed E-state index contributed by atoms with van der Waals surface area (Å²) in [7, 11) is 0. The number of alkyl halides is 3. The molecule has 2 amide bonds. The molecular weight excluding hydrogens is 371 g/mol. The summed E-state index contributed by atoms with van der Waals surface area (Å²) in [5.41, 5.74) is 0.947. The summed E-state index contributed by atoms with van der Waals surface area (Å²) in [4.78, 5) is 25.9. The van der Waals surface area contributed by atoms with E-state index in [0.717, 1.165) is 24.2 Å². The second kappa shape index (κ2) is 7.92. The number of amides is 2. The lowest BCUT2D eigenvalue weighted by molar-refractivity contribution is -0.137. The number of hydrogen-bond acceptors (Lipinski definition) is 3. The zero-order valence-corrected chi connectivity index (χ0v) is 15.2. The number of carbonyl (C=O) groups excluding carboxylic acids is 2. The van der Waals surface area contributed by atoms with Crippen molar-refractivity contribution in [2.75, 3.05) is 22.1 Å². The SMILES string of the molecule is CC(Nc1cccc(N2CCCC2=O)c1)C(=O)Nc1ccc(C(F)(F)F)cc1. The Morgan fingerprint density at radius 2 is 1.82 bits per heavy atom. The van der Waals surface area contributed by atoms with Gasteiger partial charge in [-0.25, -0.2) is 0 Å². The predicted molar refractivity (Wildman–Crippen MR) is 101 cm³/mol. The highest BCUT2D eigenvalue weighted by Gasteiger charge is 2.30. The minimum atomic E-state index is -4.42. The number of halogens is 3.